The second-order valence-electron chi connectivity index (χ2n) is 5.73. The Kier molecular flexibility index (Phi) is 5.80. The van der Waals surface area contributed by atoms with E-state index in [1.54, 1.807) is 0 Å². The van der Waals surface area contributed by atoms with Crippen molar-refractivity contribution in [2.45, 2.75) is 71.5 Å². The van der Waals surface area contributed by atoms with Crippen LogP contribution in [0.1, 0.15) is 59.8 Å². The molecule has 0 bridgehead atoms. The number of carbonyl (C=O) groups is 1. The molecule has 0 aliphatic carbocycles. The van der Waals surface area contributed by atoms with Crippen LogP contribution in [-0.2, 0) is 9.53 Å². The smallest absolute Gasteiger partial charge is 0.328 e. The maximum atomic E-state index is 10.5. The Balaban J connectivity index is 2.21. The number of hydrogen-bond acceptors (Lipinski definition) is 2. The Morgan fingerprint density at radius 1 is 1.32 bits per heavy atom. The van der Waals surface area contributed by atoms with Crippen LogP contribution in [0, 0.1) is 0 Å². The number of ether oxygens (including phenoxy) is 1. The van der Waals surface area contributed by atoms with Crippen LogP contribution in [0.5, 0.6) is 0 Å². The topological polar surface area (TPSA) is 49.8 Å². The molecule has 1 heterocycles. The minimum Gasteiger partial charge on any atom is -0.478 e. The molecular formula is C16H26O3. The van der Waals surface area contributed by atoms with Gasteiger partial charge in [0.25, 0.3) is 0 Å². The lowest BCUT2D eigenvalue weighted by Gasteiger charge is -2.03. The number of hydrogen-bond donors (Lipinski definition) is 1. The SMILES string of the molecule is CC[C@]1(C)OC1CCC(C)=CCCC(C)=CC(=O)O. The van der Waals surface area contributed by atoms with E-state index in [9.17, 15) is 4.79 Å². The molecule has 108 valence electrons. The first-order valence-corrected chi connectivity index (χ1v) is 7.11. The zero-order chi connectivity index (χ0) is 14.5. The van der Waals surface area contributed by atoms with Gasteiger partial charge in [0, 0.05) is 6.08 Å². The molecule has 3 heteroatoms. The Bertz CT molecular complexity index is 381. The minimum absolute atomic E-state index is 0.126. The molecule has 1 unspecified atom stereocenters. The average molecular weight is 266 g/mol. The largest absolute Gasteiger partial charge is 0.478 e. The van der Waals surface area contributed by atoms with Crippen LogP contribution in [0.15, 0.2) is 23.3 Å². The first kappa shape index (κ1) is 16.0. The number of aliphatic carboxylic acids is 1. The quantitative estimate of drug-likeness (QED) is 0.409. The number of carboxylic acids is 1. The van der Waals surface area contributed by atoms with Crippen molar-refractivity contribution >= 4 is 5.97 Å². The zero-order valence-electron chi connectivity index (χ0n) is 12.5. The van der Waals surface area contributed by atoms with Gasteiger partial charge >= 0.3 is 5.97 Å². The van der Waals surface area contributed by atoms with Crippen LogP contribution >= 0.6 is 0 Å². The van der Waals surface area contributed by atoms with Crippen molar-refractivity contribution in [3.05, 3.63) is 23.3 Å². The average Bonchev–Trinajstić information content (AvgIpc) is 2.98. The lowest BCUT2D eigenvalue weighted by Crippen LogP contribution is -2.07. The van der Waals surface area contributed by atoms with Crippen LogP contribution in [0.4, 0.5) is 0 Å². The summed E-state index contributed by atoms with van der Waals surface area (Å²) >= 11 is 0. The van der Waals surface area contributed by atoms with Gasteiger partial charge in [-0.05, 0) is 52.9 Å². The van der Waals surface area contributed by atoms with Crippen LogP contribution in [-0.4, -0.2) is 22.8 Å². The van der Waals surface area contributed by atoms with Crippen molar-refractivity contribution in [2.75, 3.05) is 0 Å². The molecule has 0 spiro atoms. The van der Waals surface area contributed by atoms with Gasteiger partial charge in [0.15, 0.2) is 0 Å². The highest BCUT2D eigenvalue weighted by Crippen LogP contribution is 2.42. The zero-order valence-corrected chi connectivity index (χ0v) is 12.5. The number of allylic oxidation sites excluding steroid dienone is 3. The van der Waals surface area contributed by atoms with Crippen molar-refractivity contribution in [2.24, 2.45) is 0 Å². The van der Waals surface area contributed by atoms with Crippen LogP contribution < -0.4 is 0 Å². The second kappa shape index (κ2) is 6.90. The van der Waals surface area contributed by atoms with Crippen molar-refractivity contribution in [3.8, 4) is 0 Å². The van der Waals surface area contributed by atoms with Crippen molar-refractivity contribution in [3.63, 3.8) is 0 Å². The molecule has 0 aromatic carbocycles. The van der Waals surface area contributed by atoms with E-state index in [4.69, 9.17) is 9.84 Å². The van der Waals surface area contributed by atoms with Crippen molar-refractivity contribution < 1.29 is 14.6 Å². The molecule has 1 rings (SSSR count). The van der Waals surface area contributed by atoms with E-state index < -0.39 is 5.97 Å². The third-order valence-electron chi connectivity index (χ3n) is 3.94. The lowest BCUT2D eigenvalue weighted by atomic mass is 9.99. The Morgan fingerprint density at radius 3 is 2.53 bits per heavy atom. The summed E-state index contributed by atoms with van der Waals surface area (Å²) in [7, 11) is 0. The van der Waals surface area contributed by atoms with E-state index in [1.165, 1.54) is 11.6 Å². The molecule has 1 aliphatic rings. The number of carboxylic acid groups (broad SMARTS) is 1. The van der Waals surface area contributed by atoms with E-state index in [1.807, 2.05) is 6.92 Å². The Labute approximate surface area is 116 Å². The van der Waals surface area contributed by atoms with Gasteiger partial charge in [-0.15, -0.1) is 0 Å². The fourth-order valence-electron chi connectivity index (χ4n) is 2.26. The first-order chi connectivity index (χ1) is 8.87. The van der Waals surface area contributed by atoms with Gasteiger partial charge < -0.3 is 9.84 Å². The summed E-state index contributed by atoms with van der Waals surface area (Å²) in [6, 6.07) is 0. The normalized spacial score (nSPS) is 27.5. The van der Waals surface area contributed by atoms with Crippen molar-refractivity contribution in [1.29, 1.82) is 0 Å². The summed E-state index contributed by atoms with van der Waals surface area (Å²) in [6.07, 6.45) is 8.90. The third kappa shape index (κ3) is 5.60. The molecule has 1 N–H and O–H groups in total. The molecule has 0 radical (unpaired) electrons. The summed E-state index contributed by atoms with van der Waals surface area (Å²) in [4.78, 5) is 10.5. The molecular weight excluding hydrogens is 240 g/mol. The molecule has 0 aromatic heterocycles. The highest BCUT2D eigenvalue weighted by Gasteiger charge is 2.49. The fourth-order valence-corrected chi connectivity index (χ4v) is 2.26. The summed E-state index contributed by atoms with van der Waals surface area (Å²) in [5.41, 5.74) is 2.42. The van der Waals surface area contributed by atoms with E-state index >= 15 is 0 Å². The summed E-state index contributed by atoms with van der Waals surface area (Å²) in [5.74, 6) is -0.858. The van der Waals surface area contributed by atoms with Gasteiger partial charge in [0.2, 0.25) is 0 Å². The summed E-state index contributed by atoms with van der Waals surface area (Å²) in [5, 5.41) is 8.61. The monoisotopic (exact) mass is 266 g/mol. The van der Waals surface area contributed by atoms with Crippen LogP contribution in [0.2, 0.25) is 0 Å². The molecule has 1 saturated heterocycles. The van der Waals surface area contributed by atoms with Crippen LogP contribution in [0.25, 0.3) is 0 Å². The molecule has 2 atom stereocenters. The van der Waals surface area contributed by atoms with Crippen molar-refractivity contribution in [1.82, 2.24) is 0 Å². The highest BCUT2D eigenvalue weighted by atomic mass is 16.6. The van der Waals surface area contributed by atoms with E-state index in [0.29, 0.717) is 6.10 Å². The molecule has 0 saturated carbocycles. The molecule has 0 amide bonds. The maximum absolute atomic E-state index is 10.5. The van der Waals surface area contributed by atoms with Crippen LogP contribution in [0.3, 0.4) is 0 Å². The molecule has 1 aliphatic heterocycles. The summed E-state index contributed by atoms with van der Waals surface area (Å²) in [6.45, 7) is 8.35. The van der Waals surface area contributed by atoms with E-state index in [2.05, 4.69) is 26.8 Å². The van der Waals surface area contributed by atoms with Gasteiger partial charge in [-0.2, -0.15) is 0 Å². The Hall–Kier alpha value is -1.09. The van der Waals surface area contributed by atoms with Gasteiger partial charge in [-0.3, -0.25) is 0 Å². The molecule has 1 fully saturated rings. The minimum atomic E-state index is -0.858. The molecule has 19 heavy (non-hydrogen) atoms. The van der Waals surface area contributed by atoms with Gasteiger partial charge in [-0.1, -0.05) is 24.1 Å². The number of rotatable bonds is 8. The van der Waals surface area contributed by atoms with Gasteiger partial charge in [0.1, 0.15) is 0 Å². The lowest BCUT2D eigenvalue weighted by molar-refractivity contribution is -0.131. The standard InChI is InChI=1S/C16H26O3/c1-5-16(4)14(19-16)10-9-12(2)7-6-8-13(3)11-15(17)18/h7,11,14H,5-6,8-10H2,1-4H3,(H,17,18)/t14?,16-/m0/s1. The first-order valence-electron chi connectivity index (χ1n) is 7.11. The molecule has 3 nitrogen and oxygen atoms in total. The number of epoxide rings is 1. The van der Waals surface area contributed by atoms with Gasteiger partial charge in [-0.25, -0.2) is 4.79 Å². The predicted octanol–water partition coefficient (Wildman–Crippen LogP) is 4.09. The summed E-state index contributed by atoms with van der Waals surface area (Å²) < 4.78 is 5.69. The Morgan fingerprint density at radius 2 is 2.00 bits per heavy atom. The van der Waals surface area contributed by atoms with Gasteiger partial charge in [0.05, 0.1) is 11.7 Å². The highest BCUT2D eigenvalue weighted by molar-refractivity contribution is 5.80. The molecule has 0 aromatic rings. The predicted molar refractivity (Wildman–Crippen MR) is 77.2 cm³/mol. The van der Waals surface area contributed by atoms with E-state index in [0.717, 1.165) is 37.7 Å². The van der Waals surface area contributed by atoms with E-state index in [-0.39, 0.29) is 5.60 Å². The maximum Gasteiger partial charge on any atom is 0.328 e. The second-order valence-corrected chi connectivity index (χ2v) is 5.73. The third-order valence-corrected chi connectivity index (χ3v) is 3.94. The fraction of sp³-hybridized carbons (Fsp3) is 0.688.